The number of rotatable bonds is 13. The highest BCUT2D eigenvalue weighted by molar-refractivity contribution is 5.29. The summed E-state index contributed by atoms with van der Waals surface area (Å²) in [5.74, 6) is 11.5. The zero-order valence-electron chi connectivity index (χ0n) is 18.0. The summed E-state index contributed by atoms with van der Waals surface area (Å²) in [4.78, 5) is 8.34. The predicted octanol–water partition coefficient (Wildman–Crippen LogP) is 0.931. The lowest BCUT2D eigenvalue weighted by Gasteiger charge is -2.05. The van der Waals surface area contributed by atoms with Gasteiger partial charge in [0.1, 0.15) is 24.6 Å². The third-order valence-corrected chi connectivity index (χ3v) is 3.83. The van der Waals surface area contributed by atoms with Crippen LogP contribution in [0.5, 0.6) is 0 Å². The van der Waals surface area contributed by atoms with Gasteiger partial charge < -0.3 is 29.2 Å². The fraction of sp³-hybridized carbons (Fsp3) is 0.417. The summed E-state index contributed by atoms with van der Waals surface area (Å²) < 4.78 is 21.6. The first-order chi connectivity index (χ1) is 15.8. The molecule has 32 heavy (non-hydrogen) atoms. The van der Waals surface area contributed by atoms with Crippen molar-refractivity contribution in [3.05, 3.63) is 59.2 Å². The number of hydrogen-bond acceptors (Lipinski definition) is 8. The Hall–Kier alpha value is -2.82. The molecule has 0 bridgehead atoms. The minimum absolute atomic E-state index is 0.102. The van der Waals surface area contributed by atoms with Crippen LogP contribution in [0.3, 0.4) is 0 Å². The summed E-state index contributed by atoms with van der Waals surface area (Å²) in [6.07, 6.45) is 0. The van der Waals surface area contributed by atoms with E-state index in [9.17, 15) is 0 Å². The van der Waals surface area contributed by atoms with Crippen molar-refractivity contribution in [2.45, 2.75) is 13.2 Å². The van der Waals surface area contributed by atoms with Crippen LogP contribution in [0.2, 0.25) is 0 Å². The van der Waals surface area contributed by atoms with Crippen LogP contribution < -0.4 is 0 Å². The zero-order chi connectivity index (χ0) is 22.7. The molecule has 2 heterocycles. The summed E-state index contributed by atoms with van der Waals surface area (Å²) >= 11 is 0. The Balaban J connectivity index is 1.38. The predicted molar refractivity (Wildman–Crippen MR) is 117 cm³/mol. The minimum atomic E-state index is -0.102. The van der Waals surface area contributed by atoms with E-state index < -0.39 is 0 Å². The van der Waals surface area contributed by atoms with E-state index in [1.54, 1.807) is 36.4 Å². The van der Waals surface area contributed by atoms with Gasteiger partial charge in [-0.15, -0.1) is 0 Å². The first-order valence-corrected chi connectivity index (χ1v) is 10.2. The molecule has 0 saturated carbocycles. The van der Waals surface area contributed by atoms with Crippen molar-refractivity contribution in [3.63, 3.8) is 0 Å². The third-order valence-electron chi connectivity index (χ3n) is 3.83. The van der Waals surface area contributed by atoms with Crippen molar-refractivity contribution in [2.75, 3.05) is 52.9 Å². The normalized spacial score (nSPS) is 10.2. The molecule has 0 amide bonds. The van der Waals surface area contributed by atoms with Crippen LogP contribution in [-0.4, -0.2) is 73.0 Å². The lowest BCUT2D eigenvalue weighted by Crippen LogP contribution is -2.12. The number of pyridine rings is 2. The topological polar surface area (TPSA) is 103 Å². The highest BCUT2D eigenvalue weighted by Gasteiger charge is 1.94. The number of aromatic nitrogens is 2. The van der Waals surface area contributed by atoms with Gasteiger partial charge in [0.25, 0.3) is 0 Å². The van der Waals surface area contributed by atoms with Gasteiger partial charge in [-0.05, 0) is 36.1 Å². The van der Waals surface area contributed by atoms with Crippen LogP contribution in [-0.2, 0) is 32.2 Å². The van der Waals surface area contributed by atoms with E-state index in [0.717, 1.165) is 0 Å². The molecule has 0 aliphatic carbocycles. The summed E-state index contributed by atoms with van der Waals surface area (Å²) in [5, 5.41) is 18.1. The first kappa shape index (κ1) is 25.4. The highest BCUT2D eigenvalue weighted by atomic mass is 16.6. The zero-order valence-corrected chi connectivity index (χ0v) is 18.0. The van der Waals surface area contributed by atoms with Crippen molar-refractivity contribution in [1.29, 1.82) is 0 Å². The van der Waals surface area contributed by atoms with E-state index in [1.807, 2.05) is 0 Å². The molecule has 0 aromatic carbocycles. The quantitative estimate of drug-likeness (QED) is 0.350. The molecule has 170 valence electrons. The van der Waals surface area contributed by atoms with Crippen molar-refractivity contribution in [2.24, 2.45) is 0 Å². The van der Waals surface area contributed by atoms with Crippen molar-refractivity contribution in [3.8, 4) is 23.7 Å². The van der Waals surface area contributed by atoms with E-state index in [1.165, 1.54) is 0 Å². The molecule has 8 heteroatoms. The Kier molecular flexibility index (Phi) is 13.4. The van der Waals surface area contributed by atoms with Gasteiger partial charge in [0, 0.05) is 0 Å². The molecular weight excluding hydrogens is 412 g/mol. The summed E-state index contributed by atoms with van der Waals surface area (Å²) in [6.45, 7) is 3.11. The summed E-state index contributed by atoms with van der Waals surface area (Å²) in [5.41, 5.74) is 2.39. The lowest BCUT2D eigenvalue weighted by molar-refractivity contribution is 0.00486. The minimum Gasteiger partial charge on any atom is -0.390 e. The molecule has 8 nitrogen and oxygen atoms in total. The smallest absolute Gasteiger partial charge is 0.113 e. The van der Waals surface area contributed by atoms with Crippen LogP contribution in [0.15, 0.2) is 36.4 Å². The standard InChI is InChI=1S/C24H28N2O6/c27-19-23-7-1-5-21(25-23)9-3-11-29-13-15-31-17-18-32-16-14-30-12-4-10-22-6-2-8-24(20-28)26-22/h1-2,5-8,27-28H,11-20H2. The van der Waals surface area contributed by atoms with Crippen LogP contribution in [0, 0.1) is 23.7 Å². The summed E-state index contributed by atoms with van der Waals surface area (Å²) in [6, 6.07) is 10.7. The van der Waals surface area contributed by atoms with Crippen LogP contribution in [0.4, 0.5) is 0 Å². The van der Waals surface area contributed by atoms with E-state index in [4.69, 9.17) is 29.2 Å². The fourth-order valence-corrected chi connectivity index (χ4v) is 2.33. The molecule has 0 radical (unpaired) electrons. The monoisotopic (exact) mass is 440 g/mol. The largest absolute Gasteiger partial charge is 0.390 e. The Morgan fingerprint density at radius 1 is 0.594 bits per heavy atom. The molecule has 0 fully saturated rings. The molecule has 0 spiro atoms. The fourth-order valence-electron chi connectivity index (χ4n) is 2.33. The maximum absolute atomic E-state index is 9.04. The van der Waals surface area contributed by atoms with Gasteiger partial charge in [0.05, 0.1) is 64.2 Å². The van der Waals surface area contributed by atoms with E-state index in [2.05, 4.69) is 33.6 Å². The van der Waals surface area contributed by atoms with Gasteiger partial charge >= 0.3 is 0 Å². The molecule has 2 rings (SSSR count). The molecule has 0 aliphatic heterocycles. The number of hydrogen-bond donors (Lipinski definition) is 2. The van der Waals surface area contributed by atoms with E-state index in [0.29, 0.717) is 62.4 Å². The number of ether oxygens (including phenoxy) is 4. The molecule has 2 aromatic rings. The number of aliphatic hydroxyl groups is 2. The van der Waals surface area contributed by atoms with Gasteiger partial charge in [-0.3, -0.25) is 0 Å². The lowest BCUT2D eigenvalue weighted by atomic mass is 10.3. The molecule has 0 aliphatic rings. The molecule has 0 unspecified atom stereocenters. The van der Waals surface area contributed by atoms with Gasteiger partial charge in [-0.1, -0.05) is 24.0 Å². The molecule has 0 saturated heterocycles. The Labute approximate surface area is 188 Å². The molecule has 2 N–H and O–H groups in total. The third kappa shape index (κ3) is 11.5. The number of nitrogens with zero attached hydrogens (tertiary/aromatic N) is 2. The van der Waals surface area contributed by atoms with Gasteiger partial charge in [-0.2, -0.15) is 0 Å². The molecule has 2 aromatic heterocycles. The Morgan fingerprint density at radius 3 is 1.41 bits per heavy atom. The van der Waals surface area contributed by atoms with E-state index in [-0.39, 0.29) is 26.4 Å². The van der Waals surface area contributed by atoms with Gasteiger partial charge in [-0.25, -0.2) is 9.97 Å². The molecule has 0 atom stereocenters. The first-order valence-electron chi connectivity index (χ1n) is 10.2. The van der Waals surface area contributed by atoms with E-state index >= 15 is 0 Å². The highest BCUT2D eigenvalue weighted by Crippen LogP contribution is 1.98. The van der Waals surface area contributed by atoms with Crippen molar-refractivity contribution in [1.82, 2.24) is 9.97 Å². The van der Waals surface area contributed by atoms with Crippen LogP contribution in [0.1, 0.15) is 22.8 Å². The van der Waals surface area contributed by atoms with Gasteiger partial charge in [0.15, 0.2) is 0 Å². The maximum atomic E-state index is 9.04. The van der Waals surface area contributed by atoms with Crippen molar-refractivity contribution >= 4 is 0 Å². The van der Waals surface area contributed by atoms with Crippen molar-refractivity contribution < 1.29 is 29.2 Å². The second-order valence-corrected chi connectivity index (χ2v) is 6.28. The van der Waals surface area contributed by atoms with Gasteiger partial charge in [0.2, 0.25) is 0 Å². The number of aliphatic hydroxyl groups excluding tert-OH is 2. The Morgan fingerprint density at radius 2 is 1.00 bits per heavy atom. The second kappa shape index (κ2) is 16.8. The molecular formula is C24H28N2O6. The second-order valence-electron chi connectivity index (χ2n) is 6.28. The average Bonchev–Trinajstić information content (AvgIpc) is 2.84. The summed E-state index contributed by atoms with van der Waals surface area (Å²) in [7, 11) is 0. The average molecular weight is 440 g/mol. The SMILES string of the molecule is OCc1cccc(C#CCOCCOCCOCCOCC#Cc2cccc(CO)n2)n1. The van der Waals surface area contributed by atoms with Crippen LogP contribution >= 0.6 is 0 Å². The Bertz CT molecular complexity index is 838. The van der Waals surface area contributed by atoms with Crippen LogP contribution in [0.25, 0.3) is 0 Å². The maximum Gasteiger partial charge on any atom is 0.113 e.